The summed E-state index contributed by atoms with van der Waals surface area (Å²) in [5.41, 5.74) is 1.24. The molecule has 0 aliphatic rings. The van der Waals surface area contributed by atoms with E-state index in [1.807, 2.05) is 19.0 Å². The van der Waals surface area contributed by atoms with Crippen LogP contribution in [0.3, 0.4) is 0 Å². The molecular weight excluding hydrogens is 235 g/mol. The highest BCUT2D eigenvalue weighted by molar-refractivity contribution is 5.76. The molecule has 1 aromatic rings. The molecule has 0 radical (unpaired) electrons. The molecule has 0 saturated heterocycles. The lowest BCUT2D eigenvalue weighted by atomic mass is 10.0. The van der Waals surface area contributed by atoms with E-state index < -0.39 is 17.8 Å². The predicted molar refractivity (Wildman–Crippen MR) is 68.1 cm³/mol. The first-order valence-corrected chi connectivity index (χ1v) is 5.78. The summed E-state index contributed by atoms with van der Waals surface area (Å²) < 4.78 is 13.2. The number of aliphatic carboxylic acids is 1. The minimum absolute atomic E-state index is 0.420. The summed E-state index contributed by atoms with van der Waals surface area (Å²) in [5.74, 6) is -1.42. The van der Waals surface area contributed by atoms with Crippen molar-refractivity contribution in [2.75, 3.05) is 27.2 Å². The molecule has 0 amide bonds. The number of hydrogen-bond donors (Lipinski definition) is 2. The highest BCUT2D eigenvalue weighted by Crippen LogP contribution is 2.19. The number of carboxylic acids is 1. The average molecular weight is 254 g/mol. The highest BCUT2D eigenvalue weighted by Gasteiger charge is 2.21. The quantitative estimate of drug-likeness (QED) is 0.806. The van der Waals surface area contributed by atoms with Gasteiger partial charge in [-0.2, -0.15) is 0 Å². The molecule has 5 heteroatoms. The van der Waals surface area contributed by atoms with E-state index in [-0.39, 0.29) is 0 Å². The molecule has 18 heavy (non-hydrogen) atoms. The molecule has 0 spiro atoms. The third-order valence-electron chi connectivity index (χ3n) is 2.71. The van der Waals surface area contributed by atoms with Gasteiger partial charge in [0.25, 0.3) is 0 Å². The Labute approximate surface area is 106 Å². The number of likely N-dealkylation sites (N-methyl/N-ethyl adjacent to an activating group) is 1. The summed E-state index contributed by atoms with van der Waals surface area (Å²) in [6.45, 7) is 3.02. The Balaban J connectivity index is 2.84. The van der Waals surface area contributed by atoms with Crippen LogP contribution >= 0.6 is 0 Å². The molecule has 100 valence electrons. The van der Waals surface area contributed by atoms with Crippen LogP contribution in [0.5, 0.6) is 0 Å². The highest BCUT2D eigenvalue weighted by atomic mass is 19.1. The number of halogens is 1. The molecule has 0 fully saturated rings. The minimum Gasteiger partial charge on any atom is -0.480 e. The lowest BCUT2D eigenvalue weighted by Crippen LogP contribution is -2.34. The third kappa shape index (κ3) is 4.09. The van der Waals surface area contributed by atoms with Crippen LogP contribution in [-0.2, 0) is 4.79 Å². The van der Waals surface area contributed by atoms with Crippen molar-refractivity contribution in [2.24, 2.45) is 0 Å². The van der Waals surface area contributed by atoms with E-state index in [1.165, 1.54) is 12.1 Å². The standard InChI is InChI=1S/C13H19FN2O2/c1-9-4-5-10(14)8-11(9)12(13(17)18)15-6-7-16(2)3/h4-5,8,12,15H,6-7H2,1-3H3,(H,17,18). The molecule has 1 atom stereocenters. The molecule has 0 aliphatic heterocycles. The minimum atomic E-state index is -0.998. The Morgan fingerprint density at radius 1 is 1.50 bits per heavy atom. The summed E-state index contributed by atoms with van der Waals surface area (Å²) in [4.78, 5) is 13.2. The average Bonchev–Trinajstić information content (AvgIpc) is 2.27. The molecule has 0 aromatic heterocycles. The first-order valence-electron chi connectivity index (χ1n) is 5.78. The molecule has 0 saturated carbocycles. The first kappa shape index (κ1) is 14.6. The maximum absolute atomic E-state index is 13.2. The number of nitrogens with one attached hydrogen (secondary N) is 1. The summed E-state index contributed by atoms with van der Waals surface area (Å²) in [6, 6.07) is 3.32. The van der Waals surface area contributed by atoms with Gasteiger partial charge in [0, 0.05) is 13.1 Å². The maximum Gasteiger partial charge on any atom is 0.325 e. The fourth-order valence-corrected chi connectivity index (χ4v) is 1.69. The Kier molecular flexibility index (Phi) is 5.25. The number of carboxylic acid groups (broad SMARTS) is 1. The van der Waals surface area contributed by atoms with E-state index in [0.29, 0.717) is 12.1 Å². The molecule has 1 unspecified atom stereocenters. The van der Waals surface area contributed by atoms with Gasteiger partial charge in [0.2, 0.25) is 0 Å². The van der Waals surface area contributed by atoms with Gasteiger partial charge in [0.05, 0.1) is 0 Å². The van der Waals surface area contributed by atoms with Crippen LogP contribution in [0.4, 0.5) is 4.39 Å². The van der Waals surface area contributed by atoms with Gasteiger partial charge in [-0.25, -0.2) is 4.39 Å². The summed E-state index contributed by atoms with van der Waals surface area (Å²) in [6.07, 6.45) is 0. The normalized spacial score (nSPS) is 12.7. The van der Waals surface area contributed by atoms with Crippen molar-refractivity contribution in [3.63, 3.8) is 0 Å². The van der Waals surface area contributed by atoms with Crippen LogP contribution in [0.1, 0.15) is 17.2 Å². The molecule has 2 N–H and O–H groups in total. The number of benzene rings is 1. The molecule has 0 bridgehead atoms. The van der Waals surface area contributed by atoms with Crippen LogP contribution in [-0.4, -0.2) is 43.2 Å². The van der Waals surface area contributed by atoms with Gasteiger partial charge in [-0.15, -0.1) is 0 Å². The van der Waals surface area contributed by atoms with Crippen molar-refractivity contribution >= 4 is 5.97 Å². The van der Waals surface area contributed by atoms with E-state index in [2.05, 4.69) is 5.32 Å². The zero-order valence-corrected chi connectivity index (χ0v) is 10.9. The molecular formula is C13H19FN2O2. The lowest BCUT2D eigenvalue weighted by Gasteiger charge is -2.18. The number of carbonyl (C=O) groups is 1. The van der Waals surface area contributed by atoms with E-state index >= 15 is 0 Å². The van der Waals surface area contributed by atoms with Crippen LogP contribution in [0.2, 0.25) is 0 Å². The van der Waals surface area contributed by atoms with Crippen molar-refractivity contribution < 1.29 is 14.3 Å². The summed E-state index contributed by atoms with van der Waals surface area (Å²) in [5, 5.41) is 12.1. The van der Waals surface area contributed by atoms with Gasteiger partial charge in [0.15, 0.2) is 0 Å². The van der Waals surface area contributed by atoms with E-state index in [9.17, 15) is 14.3 Å². The van der Waals surface area contributed by atoms with Crippen LogP contribution in [0, 0.1) is 12.7 Å². The van der Waals surface area contributed by atoms with Gasteiger partial charge in [-0.1, -0.05) is 6.07 Å². The van der Waals surface area contributed by atoms with Crippen molar-refractivity contribution in [1.29, 1.82) is 0 Å². The molecule has 1 rings (SSSR count). The lowest BCUT2D eigenvalue weighted by molar-refractivity contribution is -0.139. The largest absolute Gasteiger partial charge is 0.480 e. The van der Waals surface area contributed by atoms with Gasteiger partial charge in [0.1, 0.15) is 11.9 Å². The van der Waals surface area contributed by atoms with Crippen molar-refractivity contribution in [2.45, 2.75) is 13.0 Å². The van der Waals surface area contributed by atoms with Crippen LogP contribution in [0.15, 0.2) is 18.2 Å². The Morgan fingerprint density at radius 3 is 2.72 bits per heavy atom. The SMILES string of the molecule is Cc1ccc(F)cc1C(NCCN(C)C)C(=O)O. The number of hydrogen-bond acceptors (Lipinski definition) is 3. The first-order chi connectivity index (χ1) is 8.41. The van der Waals surface area contributed by atoms with Crippen molar-refractivity contribution in [1.82, 2.24) is 10.2 Å². The Bertz CT molecular complexity index is 421. The van der Waals surface area contributed by atoms with Gasteiger partial charge >= 0.3 is 5.97 Å². The molecule has 0 heterocycles. The molecule has 0 aliphatic carbocycles. The van der Waals surface area contributed by atoms with Crippen molar-refractivity contribution in [3.05, 3.63) is 35.1 Å². The van der Waals surface area contributed by atoms with Crippen molar-refractivity contribution in [3.8, 4) is 0 Å². The second-order valence-corrected chi connectivity index (χ2v) is 4.53. The second-order valence-electron chi connectivity index (χ2n) is 4.53. The summed E-state index contributed by atoms with van der Waals surface area (Å²) in [7, 11) is 3.82. The Morgan fingerprint density at radius 2 is 2.17 bits per heavy atom. The number of nitrogens with zero attached hydrogens (tertiary/aromatic N) is 1. The number of rotatable bonds is 6. The second kappa shape index (κ2) is 6.47. The third-order valence-corrected chi connectivity index (χ3v) is 2.71. The van der Waals surface area contributed by atoms with Gasteiger partial charge < -0.3 is 10.0 Å². The summed E-state index contributed by atoms with van der Waals surface area (Å²) >= 11 is 0. The fraction of sp³-hybridized carbons (Fsp3) is 0.462. The zero-order chi connectivity index (χ0) is 13.7. The van der Waals surface area contributed by atoms with E-state index in [0.717, 1.165) is 12.1 Å². The predicted octanol–water partition coefficient (Wildman–Crippen LogP) is 1.41. The smallest absolute Gasteiger partial charge is 0.325 e. The monoisotopic (exact) mass is 254 g/mol. The maximum atomic E-state index is 13.2. The van der Waals surface area contributed by atoms with Crippen LogP contribution in [0.25, 0.3) is 0 Å². The molecule has 4 nitrogen and oxygen atoms in total. The van der Waals surface area contributed by atoms with E-state index in [4.69, 9.17) is 0 Å². The van der Waals surface area contributed by atoms with E-state index in [1.54, 1.807) is 13.0 Å². The zero-order valence-electron chi connectivity index (χ0n) is 10.9. The van der Waals surface area contributed by atoms with Gasteiger partial charge in [-0.3, -0.25) is 10.1 Å². The van der Waals surface area contributed by atoms with Crippen LogP contribution < -0.4 is 5.32 Å². The molecule has 1 aromatic carbocycles. The number of aryl methyl sites for hydroxylation is 1. The van der Waals surface area contributed by atoms with Gasteiger partial charge in [-0.05, 0) is 44.3 Å². The Hall–Kier alpha value is -1.46. The fourth-order valence-electron chi connectivity index (χ4n) is 1.69. The topological polar surface area (TPSA) is 52.6 Å².